The third-order valence-electron chi connectivity index (χ3n) is 16.0. The Balaban J connectivity index is 5.32. The fourth-order valence-electron chi connectivity index (χ4n) is 10.0. The van der Waals surface area contributed by atoms with E-state index in [1.54, 1.807) is 0 Å². The van der Waals surface area contributed by atoms with Gasteiger partial charge >= 0.3 is 39.5 Å². The van der Waals surface area contributed by atoms with Crippen LogP contribution in [0.1, 0.15) is 323 Å². The van der Waals surface area contributed by atoms with Crippen molar-refractivity contribution in [1.82, 2.24) is 0 Å². The maximum absolute atomic E-state index is 13.1. The van der Waals surface area contributed by atoms with Gasteiger partial charge in [0.15, 0.2) is 12.2 Å². The second-order valence-electron chi connectivity index (χ2n) is 25.6. The lowest BCUT2D eigenvalue weighted by molar-refractivity contribution is -0.161. The van der Waals surface area contributed by atoms with Crippen molar-refractivity contribution in [2.75, 3.05) is 39.6 Å². The molecular formula is C79H138O17P2. The highest BCUT2D eigenvalue weighted by atomic mass is 31.2. The standard InChI is InChI=1S/C79H138O17P2/c1-5-9-13-17-21-25-29-32-34-35-36-37-39-42-45-48-52-56-60-64-77(82)90-70-75(96-79(84)66-62-58-54-50-46-40-31-27-23-19-15-11-7-3)72-94-98(87,88)92-68-73(80)67-91-97(85,86)93-71-74(95-78(83)65-61-57-53-49-43-28-24-20-16-12-8-4)69-89-76(81)63-59-55-51-47-44-41-38-33-30-26-22-18-14-10-6-2/h15,19-22,24-27,31-34,36-38,73-75,80H,5-14,16-18,23,28-30,35,39-72H2,1-4H3,(H,85,86)(H,87,88)/b19-15-,24-20-,25-21-,26-22-,31-27-,34-32-,37-36-,38-33-. The number of aliphatic hydroxyl groups excluding tert-OH is 1. The molecule has 0 aliphatic heterocycles. The van der Waals surface area contributed by atoms with Crippen LogP contribution in [0.15, 0.2) is 97.2 Å². The Morgan fingerprint density at radius 1 is 0.286 bits per heavy atom. The summed E-state index contributed by atoms with van der Waals surface area (Å²) in [6.45, 7) is 4.67. The Labute approximate surface area is 595 Å². The molecule has 98 heavy (non-hydrogen) atoms. The molecule has 0 amide bonds. The monoisotopic (exact) mass is 1420 g/mol. The van der Waals surface area contributed by atoms with Gasteiger partial charge in [-0.3, -0.25) is 37.3 Å². The number of carbonyl (C=O) groups excluding carboxylic acids is 4. The van der Waals surface area contributed by atoms with Gasteiger partial charge in [0.1, 0.15) is 19.3 Å². The van der Waals surface area contributed by atoms with Crippen LogP contribution in [-0.2, 0) is 65.4 Å². The van der Waals surface area contributed by atoms with E-state index in [9.17, 15) is 43.2 Å². The molecule has 0 heterocycles. The molecule has 0 aromatic carbocycles. The van der Waals surface area contributed by atoms with Crippen LogP contribution in [-0.4, -0.2) is 96.7 Å². The van der Waals surface area contributed by atoms with Crippen molar-refractivity contribution in [3.63, 3.8) is 0 Å². The van der Waals surface area contributed by atoms with Gasteiger partial charge in [0.05, 0.1) is 26.4 Å². The summed E-state index contributed by atoms with van der Waals surface area (Å²) in [6.07, 6.45) is 74.0. The molecule has 0 aromatic rings. The topological polar surface area (TPSA) is 237 Å². The number of aliphatic hydroxyl groups is 1. The Morgan fingerprint density at radius 3 is 0.847 bits per heavy atom. The molecule has 0 fully saturated rings. The zero-order chi connectivity index (χ0) is 71.8. The number of ether oxygens (including phenoxy) is 4. The molecule has 19 heteroatoms. The number of phosphoric ester groups is 2. The van der Waals surface area contributed by atoms with Crippen molar-refractivity contribution < 1.29 is 80.2 Å². The average molecular weight is 1420 g/mol. The van der Waals surface area contributed by atoms with Crippen molar-refractivity contribution in [2.45, 2.75) is 341 Å². The third kappa shape index (κ3) is 70.4. The van der Waals surface area contributed by atoms with E-state index in [1.165, 1.54) is 51.4 Å². The number of hydrogen-bond donors (Lipinski definition) is 3. The average Bonchev–Trinajstić information content (AvgIpc) is 0.973. The first kappa shape index (κ1) is 94.0. The minimum absolute atomic E-state index is 0.0752. The molecule has 0 aliphatic carbocycles. The van der Waals surface area contributed by atoms with E-state index in [2.05, 4.69) is 125 Å². The number of esters is 4. The first-order valence-corrected chi connectivity index (χ1v) is 41.5. The summed E-state index contributed by atoms with van der Waals surface area (Å²) in [7, 11) is -9.96. The molecule has 0 aromatic heterocycles. The number of hydrogen-bond acceptors (Lipinski definition) is 15. The zero-order valence-electron chi connectivity index (χ0n) is 61.7. The molecule has 17 nitrogen and oxygen atoms in total. The summed E-state index contributed by atoms with van der Waals surface area (Å²) in [5.41, 5.74) is 0. The van der Waals surface area contributed by atoms with Crippen LogP contribution < -0.4 is 0 Å². The molecule has 5 atom stereocenters. The smallest absolute Gasteiger partial charge is 0.462 e. The Morgan fingerprint density at radius 2 is 0.531 bits per heavy atom. The van der Waals surface area contributed by atoms with E-state index in [0.717, 1.165) is 193 Å². The van der Waals surface area contributed by atoms with Crippen molar-refractivity contribution in [3.05, 3.63) is 97.2 Å². The van der Waals surface area contributed by atoms with E-state index >= 15 is 0 Å². The summed E-state index contributed by atoms with van der Waals surface area (Å²) in [6, 6.07) is 0. The molecule has 0 rings (SSSR count). The minimum atomic E-state index is -4.98. The highest BCUT2D eigenvalue weighted by molar-refractivity contribution is 7.47. The highest BCUT2D eigenvalue weighted by Crippen LogP contribution is 2.45. The van der Waals surface area contributed by atoms with Gasteiger partial charge in [-0.25, -0.2) is 9.13 Å². The Hall–Kier alpha value is -4.02. The van der Waals surface area contributed by atoms with Crippen molar-refractivity contribution >= 4 is 39.5 Å². The van der Waals surface area contributed by atoms with Crippen molar-refractivity contribution in [2.24, 2.45) is 0 Å². The summed E-state index contributed by atoms with van der Waals surface area (Å²) < 4.78 is 68.4. The van der Waals surface area contributed by atoms with Gasteiger partial charge in [-0.1, -0.05) is 253 Å². The Bertz CT molecular complexity index is 2240. The second kappa shape index (κ2) is 71.4. The van der Waals surface area contributed by atoms with Crippen LogP contribution >= 0.6 is 15.6 Å². The van der Waals surface area contributed by atoms with E-state index in [4.69, 9.17) is 37.0 Å². The molecule has 0 bridgehead atoms. The molecule has 0 saturated heterocycles. The number of rotatable bonds is 72. The maximum Gasteiger partial charge on any atom is 0.472 e. The summed E-state index contributed by atoms with van der Waals surface area (Å²) in [5, 5.41) is 10.6. The van der Waals surface area contributed by atoms with Crippen LogP contribution in [0.25, 0.3) is 0 Å². The number of carbonyl (C=O) groups is 4. The highest BCUT2D eigenvalue weighted by Gasteiger charge is 2.30. The molecule has 3 N–H and O–H groups in total. The quantitative estimate of drug-likeness (QED) is 0.0169. The number of unbranched alkanes of at least 4 members (excludes halogenated alkanes) is 30. The first-order valence-electron chi connectivity index (χ1n) is 38.5. The molecule has 0 aliphatic rings. The van der Waals surface area contributed by atoms with Crippen molar-refractivity contribution in [3.8, 4) is 0 Å². The normalized spacial score (nSPS) is 14.5. The van der Waals surface area contributed by atoms with E-state index in [1.807, 2.05) is 0 Å². The molecule has 0 spiro atoms. The van der Waals surface area contributed by atoms with E-state index in [-0.39, 0.29) is 25.7 Å². The summed E-state index contributed by atoms with van der Waals surface area (Å²) in [4.78, 5) is 72.8. The second-order valence-corrected chi connectivity index (χ2v) is 28.5. The van der Waals surface area contributed by atoms with E-state index < -0.39 is 97.5 Å². The molecule has 0 saturated carbocycles. The number of phosphoric acid groups is 2. The van der Waals surface area contributed by atoms with Gasteiger partial charge in [0.2, 0.25) is 0 Å². The number of allylic oxidation sites excluding steroid dienone is 16. The lowest BCUT2D eigenvalue weighted by Gasteiger charge is -2.21. The predicted molar refractivity (Wildman–Crippen MR) is 399 cm³/mol. The first-order chi connectivity index (χ1) is 47.7. The van der Waals surface area contributed by atoms with Crippen molar-refractivity contribution in [1.29, 1.82) is 0 Å². The van der Waals surface area contributed by atoms with Gasteiger partial charge in [0.25, 0.3) is 0 Å². The Kier molecular flexibility index (Phi) is 68.4. The lowest BCUT2D eigenvalue weighted by atomic mass is 10.1. The molecular weight excluding hydrogens is 1280 g/mol. The lowest BCUT2D eigenvalue weighted by Crippen LogP contribution is -2.30. The predicted octanol–water partition coefficient (Wildman–Crippen LogP) is 22.0. The molecule has 5 unspecified atom stereocenters. The summed E-state index contributed by atoms with van der Waals surface area (Å²) in [5.74, 6) is -2.22. The van der Waals surface area contributed by atoms with Gasteiger partial charge in [-0.15, -0.1) is 0 Å². The van der Waals surface area contributed by atoms with Crippen LogP contribution in [0.2, 0.25) is 0 Å². The fourth-order valence-corrected chi connectivity index (χ4v) is 11.6. The van der Waals surface area contributed by atoms with Gasteiger partial charge < -0.3 is 33.8 Å². The van der Waals surface area contributed by atoms with Gasteiger partial charge in [0, 0.05) is 25.7 Å². The minimum Gasteiger partial charge on any atom is -0.462 e. The van der Waals surface area contributed by atoms with Gasteiger partial charge in [-0.2, -0.15) is 0 Å². The molecule has 566 valence electrons. The van der Waals surface area contributed by atoms with E-state index in [0.29, 0.717) is 25.7 Å². The largest absolute Gasteiger partial charge is 0.472 e. The zero-order valence-corrected chi connectivity index (χ0v) is 63.5. The van der Waals surface area contributed by atoms with Gasteiger partial charge in [-0.05, 0) is 141 Å². The van der Waals surface area contributed by atoms with Crippen LogP contribution in [0.4, 0.5) is 0 Å². The SMILES string of the molecule is CCC/C=C\C/C=C\CCCCCCCC(=O)OC(COC(=O)CCCCCCCC/C=C\C/C=C\C/C=C\CCCCC)COP(=O)(O)OCC(O)COP(=O)(O)OCC(COC(=O)CCCCCCC/C=C\C/C=C\CCCCC)OC(=O)CCCCCCC/C=C\CCCC. The van der Waals surface area contributed by atoms with Crippen LogP contribution in [0.3, 0.4) is 0 Å². The van der Waals surface area contributed by atoms with Crippen LogP contribution in [0.5, 0.6) is 0 Å². The summed E-state index contributed by atoms with van der Waals surface area (Å²) >= 11 is 0. The molecule has 0 radical (unpaired) electrons. The maximum atomic E-state index is 13.1. The van der Waals surface area contributed by atoms with Crippen LogP contribution in [0, 0.1) is 0 Å². The third-order valence-corrected chi connectivity index (χ3v) is 17.9. The fraction of sp³-hybridized carbons (Fsp3) is 0.747.